The van der Waals surface area contributed by atoms with E-state index in [9.17, 15) is 14.9 Å². The Kier molecular flexibility index (Phi) is 4.17. The highest BCUT2D eigenvalue weighted by Gasteiger charge is 2.16. The van der Waals surface area contributed by atoms with Gasteiger partial charge in [-0.3, -0.25) is 20.2 Å². The molecule has 0 unspecified atom stereocenters. The third-order valence-corrected chi connectivity index (χ3v) is 2.56. The van der Waals surface area contributed by atoms with Gasteiger partial charge >= 0.3 is 5.69 Å². The van der Waals surface area contributed by atoms with Crippen LogP contribution in [0.2, 0.25) is 0 Å². The number of amides is 1. The van der Waals surface area contributed by atoms with Crippen LogP contribution in [0.1, 0.15) is 11.3 Å². The zero-order chi connectivity index (χ0) is 15.4. The van der Waals surface area contributed by atoms with E-state index in [-0.39, 0.29) is 23.9 Å². The van der Waals surface area contributed by atoms with Crippen LogP contribution in [0.3, 0.4) is 0 Å². The minimum Gasteiger partial charge on any atom is -0.477 e. The molecule has 1 amide bonds. The minimum absolute atomic E-state index is 0.0453. The summed E-state index contributed by atoms with van der Waals surface area (Å²) >= 11 is 0. The number of hydrogen-bond donors (Lipinski definition) is 1. The smallest absolute Gasteiger partial charge is 0.310 e. The van der Waals surface area contributed by atoms with Crippen LogP contribution in [0, 0.1) is 24.0 Å². The number of nitro benzene ring substituents is 1. The summed E-state index contributed by atoms with van der Waals surface area (Å²) in [5.41, 5.74) is 1.23. The van der Waals surface area contributed by atoms with Crippen LogP contribution in [0.4, 0.5) is 11.6 Å². The molecule has 0 saturated heterocycles. The predicted octanol–water partition coefficient (Wildman–Crippen LogP) is 2.22. The van der Waals surface area contributed by atoms with Gasteiger partial charge in [-0.1, -0.05) is 11.2 Å². The van der Waals surface area contributed by atoms with Gasteiger partial charge in [0.15, 0.2) is 12.4 Å². The second-order valence-electron chi connectivity index (χ2n) is 4.40. The van der Waals surface area contributed by atoms with E-state index < -0.39 is 10.8 Å². The van der Waals surface area contributed by atoms with E-state index in [1.807, 2.05) is 0 Å². The van der Waals surface area contributed by atoms with Gasteiger partial charge in [0, 0.05) is 12.1 Å². The van der Waals surface area contributed by atoms with E-state index in [0.29, 0.717) is 5.69 Å². The summed E-state index contributed by atoms with van der Waals surface area (Å²) in [5, 5.41) is 16.9. The molecule has 2 aromatic rings. The Morgan fingerprint density at radius 2 is 2.19 bits per heavy atom. The highest BCUT2D eigenvalue weighted by Crippen LogP contribution is 2.27. The second kappa shape index (κ2) is 6.04. The fourth-order valence-electron chi connectivity index (χ4n) is 1.63. The van der Waals surface area contributed by atoms with Gasteiger partial charge in [-0.25, -0.2) is 0 Å². The zero-order valence-corrected chi connectivity index (χ0v) is 11.5. The van der Waals surface area contributed by atoms with Gasteiger partial charge in [0.05, 0.1) is 10.6 Å². The number of aromatic nitrogens is 1. The molecule has 0 fully saturated rings. The van der Waals surface area contributed by atoms with Gasteiger partial charge in [0.25, 0.3) is 5.91 Å². The summed E-state index contributed by atoms with van der Waals surface area (Å²) in [6, 6.07) is 5.99. The van der Waals surface area contributed by atoms with Crippen LogP contribution < -0.4 is 10.1 Å². The Hall–Kier alpha value is -2.90. The van der Waals surface area contributed by atoms with Crippen molar-refractivity contribution in [1.82, 2.24) is 5.16 Å². The van der Waals surface area contributed by atoms with Gasteiger partial charge < -0.3 is 9.26 Å². The van der Waals surface area contributed by atoms with E-state index >= 15 is 0 Å². The zero-order valence-electron chi connectivity index (χ0n) is 11.5. The maximum atomic E-state index is 11.7. The molecule has 0 saturated carbocycles. The van der Waals surface area contributed by atoms with Gasteiger partial charge in [-0.2, -0.15) is 0 Å². The van der Waals surface area contributed by atoms with Crippen molar-refractivity contribution >= 4 is 17.5 Å². The lowest BCUT2D eigenvalue weighted by Crippen LogP contribution is -2.20. The third kappa shape index (κ3) is 3.78. The van der Waals surface area contributed by atoms with Gasteiger partial charge in [-0.05, 0) is 25.5 Å². The topological polar surface area (TPSA) is 108 Å². The van der Waals surface area contributed by atoms with Crippen LogP contribution in [0.25, 0.3) is 0 Å². The predicted molar refractivity (Wildman–Crippen MR) is 73.2 cm³/mol. The molecule has 0 bridgehead atoms. The van der Waals surface area contributed by atoms with E-state index in [4.69, 9.17) is 9.26 Å². The SMILES string of the molecule is Cc1ccc([N+](=O)[O-])c(OCC(=O)Nc2cc(C)no2)c1. The second-order valence-corrected chi connectivity index (χ2v) is 4.40. The Morgan fingerprint density at radius 1 is 1.43 bits per heavy atom. The molecular weight excluding hydrogens is 278 g/mol. The molecule has 0 aliphatic heterocycles. The molecule has 0 atom stereocenters. The quantitative estimate of drug-likeness (QED) is 0.668. The number of anilines is 1. The Labute approximate surface area is 119 Å². The number of carbonyl (C=O) groups excluding carboxylic acids is 1. The van der Waals surface area contributed by atoms with Crippen molar-refractivity contribution in [2.75, 3.05) is 11.9 Å². The maximum Gasteiger partial charge on any atom is 0.310 e. The minimum atomic E-state index is -0.563. The van der Waals surface area contributed by atoms with Gasteiger partial charge in [0.2, 0.25) is 5.88 Å². The molecule has 0 radical (unpaired) electrons. The molecule has 0 spiro atoms. The number of ether oxygens (including phenoxy) is 1. The van der Waals surface area contributed by atoms with Gasteiger partial charge in [0.1, 0.15) is 0 Å². The fourth-order valence-corrected chi connectivity index (χ4v) is 1.63. The van der Waals surface area contributed by atoms with E-state index in [1.54, 1.807) is 26.0 Å². The average molecular weight is 291 g/mol. The molecular formula is C13H13N3O5. The normalized spacial score (nSPS) is 10.2. The van der Waals surface area contributed by atoms with Crippen LogP contribution >= 0.6 is 0 Å². The molecule has 21 heavy (non-hydrogen) atoms. The average Bonchev–Trinajstić information content (AvgIpc) is 2.81. The summed E-state index contributed by atoms with van der Waals surface area (Å²) in [6.45, 7) is 3.11. The standard InChI is InChI=1S/C13H13N3O5/c1-8-3-4-10(16(18)19)11(5-8)20-7-12(17)14-13-6-9(2)15-21-13/h3-6H,7H2,1-2H3,(H,14,17). The van der Waals surface area contributed by atoms with Crippen molar-refractivity contribution in [1.29, 1.82) is 0 Å². The molecule has 1 N–H and O–H groups in total. The van der Waals surface area contributed by atoms with Crippen LogP contribution in [0.5, 0.6) is 5.75 Å². The maximum absolute atomic E-state index is 11.7. The molecule has 1 aromatic heterocycles. The summed E-state index contributed by atoms with van der Waals surface area (Å²) in [6.07, 6.45) is 0. The Balaban J connectivity index is 2.00. The van der Waals surface area contributed by atoms with Crippen molar-refractivity contribution in [3.63, 3.8) is 0 Å². The first kappa shape index (κ1) is 14.5. The third-order valence-electron chi connectivity index (χ3n) is 2.56. The highest BCUT2D eigenvalue weighted by molar-refractivity contribution is 5.90. The number of benzene rings is 1. The van der Waals surface area contributed by atoms with Crippen LogP contribution in [-0.4, -0.2) is 22.6 Å². The molecule has 8 nitrogen and oxygen atoms in total. The number of carbonyl (C=O) groups is 1. The summed E-state index contributed by atoms with van der Waals surface area (Å²) in [4.78, 5) is 22.0. The summed E-state index contributed by atoms with van der Waals surface area (Å²) in [7, 11) is 0. The first-order chi connectivity index (χ1) is 9.95. The Morgan fingerprint density at radius 3 is 2.81 bits per heavy atom. The molecule has 0 aliphatic rings. The van der Waals surface area contributed by atoms with E-state index in [1.165, 1.54) is 12.1 Å². The van der Waals surface area contributed by atoms with E-state index in [0.717, 1.165) is 5.56 Å². The van der Waals surface area contributed by atoms with Crippen molar-refractivity contribution in [3.05, 3.63) is 45.6 Å². The summed E-state index contributed by atoms with van der Waals surface area (Å²) < 4.78 is 10.0. The van der Waals surface area contributed by atoms with Crippen LogP contribution in [-0.2, 0) is 4.79 Å². The first-order valence-corrected chi connectivity index (χ1v) is 6.06. The van der Waals surface area contributed by atoms with E-state index in [2.05, 4.69) is 10.5 Å². The number of rotatable bonds is 5. The monoisotopic (exact) mass is 291 g/mol. The van der Waals surface area contributed by atoms with Gasteiger partial charge in [-0.15, -0.1) is 0 Å². The number of nitro groups is 1. The van der Waals surface area contributed by atoms with Crippen LogP contribution in [0.15, 0.2) is 28.8 Å². The number of hydrogen-bond acceptors (Lipinski definition) is 6. The number of aryl methyl sites for hydroxylation is 2. The summed E-state index contributed by atoms with van der Waals surface area (Å²) in [5.74, 6) is -0.259. The lowest BCUT2D eigenvalue weighted by molar-refractivity contribution is -0.385. The molecule has 2 rings (SSSR count). The fraction of sp³-hybridized carbons (Fsp3) is 0.231. The molecule has 8 heteroatoms. The molecule has 1 heterocycles. The van der Waals surface area contributed by atoms with Crippen molar-refractivity contribution in [2.45, 2.75) is 13.8 Å². The Bertz CT molecular complexity index is 680. The number of nitrogens with zero attached hydrogens (tertiary/aromatic N) is 2. The van der Waals surface area contributed by atoms with Crippen molar-refractivity contribution in [2.24, 2.45) is 0 Å². The molecule has 1 aromatic carbocycles. The lowest BCUT2D eigenvalue weighted by Gasteiger charge is -2.07. The lowest BCUT2D eigenvalue weighted by atomic mass is 10.2. The largest absolute Gasteiger partial charge is 0.477 e. The molecule has 110 valence electrons. The van der Waals surface area contributed by atoms with Crippen molar-refractivity contribution in [3.8, 4) is 5.75 Å². The number of nitrogens with one attached hydrogen (secondary N) is 1. The molecule has 0 aliphatic carbocycles. The van der Waals surface area contributed by atoms with Crippen molar-refractivity contribution < 1.29 is 19.0 Å². The first-order valence-electron chi connectivity index (χ1n) is 6.06. The highest BCUT2D eigenvalue weighted by atomic mass is 16.6.